The third kappa shape index (κ3) is 2.25. The fourth-order valence-corrected chi connectivity index (χ4v) is 2.90. The van der Waals surface area contributed by atoms with Gasteiger partial charge in [0.15, 0.2) is 6.39 Å². The third-order valence-corrected chi connectivity index (χ3v) is 3.68. The molecule has 4 heteroatoms. The van der Waals surface area contributed by atoms with E-state index in [2.05, 4.69) is 4.98 Å². The van der Waals surface area contributed by atoms with Crippen LogP contribution in [0.15, 0.2) is 17.1 Å². The van der Waals surface area contributed by atoms with Gasteiger partial charge in [0.2, 0.25) is 0 Å². The molecule has 2 rings (SSSR count). The number of nitrogens with zero attached hydrogens (tertiary/aromatic N) is 1. The summed E-state index contributed by atoms with van der Waals surface area (Å²) in [5.74, 6) is 2.94. The van der Waals surface area contributed by atoms with E-state index >= 15 is 0 Å². The van der Waals surface area contributed by atoms with Crippen molar-refractivity contribution in [1.29, 1.82) is 0 Å². The number of rotatable bonds is 2. The molecule has 3 nitrogen and oxygen atoms in total. The Hall–Kier alpha value is -0.480. The Kier molecular flexibility index (Phi) is 2.90. The molecular weight excluding hydrogens is 184 g/mol. The maximum absolute atomic E-state index is 6.02. The van der Waals surface area contributed by atoms with Gasteiger partial charge in [-0.2, -0.15) is 11.8 Å². The van der Waals surface area contributed by atoms with Crippen LogP contribution in [0.5, 0.6) is 0 Å². The number of thioether (sulfide) groups is 1. The van der Waals surface area contributed by atoms with Gasteiger partial charge in [-0.15, -0.1) is 0 Å². The van der Waals surface area contributed by atoms with Crippen molar-refractivity contribution in [2.45, 2.75) is 18.9 Å². The molecule has 1 aromatic heterocycles. The summed E-state index contributed by atoms with van der Waals surface area (Å²) >= 11 is 1.99. The summed E-state index contributed by atoms with van der Waals surface area (Å²) in [6.07, 6.45) is 5.29. The van der Waals surface area contributed by atoms with Crippen molar-refractivity contribution in [2.75, 3.05) is 11.5 Å². The van der Waals surface area contributed by atoms with Crippen LogP contribution < -0.4 is 5.73 Å². The molecule has 0 saturated carbocycles. The first-order chi connectivity index (χ1) is 6.36. The minimum atomic E-state index is 0.345. The SMILES string of the molecule is NC1CCSCC1Cc1cocn1. The van der Waals surface area contributed by atoms with Gasteiger partial charge in [0.25, 0.3) is 0 Å². The van der Waals surface area contributed by atoms with Gasteiger partial charge in [-0.1, -0.05) is 0 Å². The fourth-order valence-electron chi connectivity index (χ4n) is 1.63. The lowest BCUT2D eigenvalue weighted by Crippen LogP contribution is -2.36. The zero-order chi connectivity index (χ0) is 9.10. The molecule has 13 heavy (non-hydrogen) atoms. The van der Waals surface area contributed by atoms with Crippen molar-refractivity contribution in [3.05, 3.63) is 18.4 Å². The molecule has 0 amide bonds. The van der Waals surface area contributed by atoms with Crippen LogP contribution in [0, 0.1) is 5.92 Å². The van der Waals surface area contributed by atoms with Gasteiger partial charge in [-0.25, -0.2) is 4.98 Å². The molecule has 72 valence electrons. The summed E-state index contributed by atoms with van der Waals surface area (Å²) in [6.45, 7) is 0. The number of aromatic nitrogens is 1. The van der Waals surface area contributed by atoms with Crippen molar-refractivity contribution >= 4 is 11.8 Å². The van der Waals surface area contributed by atoms with E-state index in [1.54, 1.807) is 6.26 Å². The van der Waals surface area contributed by atoms with Crippen molar-refractivity contribution < 1.29 is 4.42 Å². The van der Waals surface area contributed by atoms with E-state index in [0.717, 1.165) is 24.3 Å². The van der Waals surface area contributed by atoms with Crippen molar-refractivity contribution in [1.82, 2.24) is 4.98 Å². The van der Waals surface area contributed by atoms with Crippen LogP contribution >= 0.6 is 11.8 Å². The average molecular weight is 198 g/mol. The second-order valence-electron chi connectivity index (χ2n) is 3.47. The van der Waals surface area contributed by atoms with Gasteiger partial charge in [0.1, 0.15) is 6.26 Å². The van der Waals surface area contributed by atoms with Crippen LogP contribution in [0.3, 0.4) is 0 Å². The van der Waals surface area contributed by atoms with Crippen LogP contribution in [-0.2, 0) is 6.42 Å². The van der Waals surface area contributed by atoms with E-state index in [1.165, 1.54) is 12.1 Å². The molecule has 1 fully saturated rings. The second kappa shape index (κ2) is 4.15. The second-order valence-corrected chi connectivity index (χ2v) is 4.62. The number of oxazole rings is 1. The van der Waals surface area contributed by atoms with E-state index in [4.69, 9.17) is 10.2 Å². The van der Waals surface area contributed by atoms with Gasteiger partial charge in [-0.3, -0.25) is 0 Å². The standard InChI is InChI=1S/C9H14N2OS/c10-9-1-2-13-5-7(9)3-8-4-12-6-11-8/h4,6-7,9H,1-3,5,10H2. The van der Waals surface area contributed by atoms with E-state index < -0.39 is 0 Å². The molecule has 0 bridgehead atoms. The van der Waals surface area contributed by atoms with Crippen LogP contribution in [-0.4, -0.2) is 22.5 Å². The van der Waals surface area contributed by atoms with E-state index in [9.17, 15) is 0 Å². The molecule has 1 saturated heterocycles. The Morgan fingerprint density at radius 2 is 2.62 bits per heavy atom. The summed E-state index contributed by atoms with van der Waals surface area (Å²) in [6, 6.07) is 0.345. The van der Waals surface area contributed by atoms with Crippen LogP contribution in [0.25, 0.3) is 0 Å². The molecule has 0 aromatic carbocycles. The molecule has 2 atom stereocenters. The summed E-state index contributed by atoms with van der Waals surface area (Å²) < 4.78 is 4.93. The van der Waals surface area contributed by atoms with Gasteiger partial charge < -0.3 is 10.2 Å². The highest BCUT2D eigenvalue weighted by Crippen LogP contribution is 2.24. The van der Waals surface area contributed by atoms with Crippen LogP contribution in [0.4, 0.5) is 0 Å². The monoisotopic (exact) mass is 198 g/mol. The maximum atomic E-state index is 6.02. The highest BCUT2D eigenvalue weighted by Gasteiger charge is 2.22. The maximum Gasteiger partial charge on any atom is 0.180 e. The van der Waals surface area contributed by atoms with Gasteiger partial charge in [-0.05, 0) is 30.3 Å². The zero-order valence-corrected chi connectivity index (χ0v) is 8.30. The van der Waals surface area contributed by atoms with E-state index in [0.29, 0.717) is 12.0 Å². The van der Waals surface area contributed by atoms with Crippen molar-refractivity contribution in [2.24, 2.45) is 11.7 Å². The molecule has 1 aliphatic rings. The molecule has 0 aliphatic carbocycles. The highest BCUT2D eigenvalue weighted by molar-refractivity contribution is 7.99. The van der Waals surface area contributed by atoms with Crippen LogP contribution in [0.1, 0.15) is 12.1 Å². The van der Waals surface area contributed by atoms with Gasteiger partial charge in [0, 0.05) is 6.04 Å². The molecule has 0 spiro atoms. The molecule has 1 aromatic rings. The molecule has 0 radical (unpaired) electrons. The predicted molar refractivity (Wildman–Crippen MR) is 53.6 cm³/mol. The molecule has 1 aliphatic heterocycles. The molecule has 2 unspecified atom stereocenters. The van der Waals surface area contributed by atoms with Crippen LogP contribution in [0.2, 0.25) is 0 Å². The number of hydrogen-bond acceptors (Lipinski definition) is 4. The molecule has 2 heterocycles. The van der Waals surface area contributed by atoms with E-state index in [-0.39, 0.29) is 0 Å². The lowest BCUT2D eigenvalue weighted by Gasteiger charge is -2.27. The Bertz CT molecular complexity index is 250. The van der Waals surface area contributed by atoms with Gasteiger partial charge >= 0.3 is 0 Å². The Balaban J connectivity index is 1.93. The summed E-state index contributed by atoms with van der Waals surface area (Å²) in [4.78, 5) is 4.11. The van der Waals surface area contributed by atoms with Gasteiger partial charge in [0.05, 0.1) is 5.69 Å². The normalized spacial score (nSPS) is 29.0. The number of hydrogen-bond donors (Lipinski definition) is 1. The smallest absolute Gasteiger partial charge is 0.180 e. The quantitative estimate of drug-likeness (QED) is 0.778. The molecule has 2 N–H and O–H groups in total. The third-order valence-electron chi connectivity index (χ3n) is 2.49. The first-order valence-electron chi connectivity index (χ1n) is 4.56. The largest absolute Gasteiger partial charge is 0.451 e. The summed E-state index contributed by atoms with van der Waals surface area (Å²) in [5, 5.41) is 0. The Labute approximate surface area is 82.1 Å². The average Bonchev–Trinajstić information content (AvgIpc) is 2.61. The Morgan fingerprint density at radius 1 is 1.69 bits per heavy atom. The summed E-state index contributed by atoms with van der Waals surface area (Å²) in [5.41, 5.74) is 7.05. The van der Waals surface area contributed by atoms with Crippen molar-refractivity contribution in [3.63, 3.8) is 0 Å². The highest BCUT2D eigenvalue weighted by atomic mass is 32.2. The lowest BCUT2D eigenvalue weighted by atomic mass is 9.95. The lowest BCUT2D eigenvalue weighted by molar-refractivity contribution is 0.436. The minimum Gasteiger partial charge on any atom is -0.451 e. The fraction of sp³-hybridized carbons (Fsp3) is 0.667. The van der Waals surface area contributed by atoms with Crippen molar-refractivity contribution in [3.8, 4) is 0 Å². The summed E-state index contributed by atoms with van der Waals surface area (Å²) in [7, 11) is 0. The zero-order valence-electron chi connectivity index (χ0n) is 7.48. The predicted octanol–water partition coefficient (Wildman–Crippen LogP) is 1.30. The van der Waals surface area contributed by atoms with E-state index in [1.807, 2.05) is 11.8 Å². The Morgan fingerprint density at radius 3 is 3.31 bits per heavy atom. The number of nitrogens with two attached hydrogens (primary N) is 1. The first-order valence-corrected chi connectivity index (χ1v) is 5.72. The first kappa shape index (κ1) is 9.09. The topological polar surface area (TPSA) is 52.0 Å². The molecular formula is C9H14N2OS. The minimum absolute atomic E-state index is 0.345.